The van der Waals surface area contributed by atoms with E-state index in [1.807, 2.05) is 0 Å². The van der Waals surface area contributed by atoms with Gasteiger partial charge in [-0.25, -0.2) is 4.99 Å². The third-order valence-electron chi connectivity index (χ3n) is 1.74. The monoisotopic (exact) mass is 282 g/mol. The summed E-state index contributed by atoms with van der Waals surface area (Å²) in [6.45, 7) is 1.76. The molecule has 2 N–H and O–H groups in total. The largest absolute Gasteiger partial charge is 0.446 e. The SMILES string of the molecule is Cc1ccc(SC(F)(F)F)c(N=C(N)CCl)c1. The second kappa shape index (κ2) is 5.64. The summed E-state index contributed by atoms with van der Waals surface area (Å²) >= 11 is 5.23. The number of hydrogen-bond acceptors (Lipinski definition) is 2. The molecule has 7 heteroatoms. The van der Waals surface area contributed by atoms with Crippen molar-refractivity contribution >= 4 is 34.9 Å². The quantitative estimate of drug-likeness (QED) is 0.396. The van der Waals surface area contributed by atoms with Crippen LogP contribution >= 0.6 is 23.4 Å². The fourth-order valence-electron chi connectivity index (χ4n) is 1.11. The van der Waals surface area contributed by atoms with Crippen molar-refractivity contribution in [2.75, 3.05) is 5.88 Å². The molecular weight excluding hydrogens is 273 g/mol. The van der Waals surface area contributed by atoms with Crippen molar-refractivity contribution in [2.24, 2.45) is 10.7 Å². The highest BCUT2D eigenvalue weighted by molar-refractivity contribution is 8.00. The van der Waals surface area contributed by atoms with Gasteiger partial charge in [-0.05, 0) is 36.4 Å². The topological polar surface area (TPSA) is 38.4 Å². The number of hydrogen-bond donors (Lipinski definition) is 1. The van der Waals surface area contributed by atoms with Crippen molar-refractivity contribution in [3.05, 3.63) is 23.8 Å². The molecule has 0 spiro atoms. The zero-order valence-electron chi connectivity index (χ0n) is 8.88. The third-order valence-corrected chi connectivity index (χ3v) is 2.81. The zero-order valence-corrected chi connectivity index (χ0v) is 10.5. The molecule has 17 heavy (non-hydrogen) atoms. The van der Waals surface area contributed by atoms with Gasteiger partial charge in [0.1, 0.15) is 5.84 Å². The number of thioether (sulfide) groups is 1. The van der Waals surface area contributed by atoms with Gasteiger partial charge in [-0.1, -0.05) is 6.07 Å². The summed E-state index contributed by atoms with van der Waals surface area (Å²) in [5, 5.41) is 0. The predicted molar refractivity (Wildman–Crippen MR) is 65.1 cm³/mol. The van der Waals surface area contributed by atoms with Gasteiger partial charge in [-0.2, -0.15) is 13.2 Å². The smallest absolute Gasteiger partial charge is 0.386 e. The fraction of sp³-hybridized carbons (Fsp3) is 0.300. The van der Waals surface area contributed by atoms with Crippen LogP contribution in [0.5, 0.6) is 0 Å². The highest BCUT2D eigenvalue weighted by Crippen LogP contribution is 2.41. The van der Waals surface area contributed by atoms with E-state index in [0.29, 0.717) is 0 Å². The molecule has 0 aliphatic heterocycles. The maximum Gasteiger partial charge on any atom is 0.446 e. The molecule has 1 aromatic rings. The van der Waals surface area contributed by atoms with Crippen LogP contribution in [0.3, 0.4) is 0 Å². The average Bonchev–Trinajstić information content (AvgIpc) is 2.20. The van der Waals surface area contributed by atoms with Crippen LogP contribution in [0.1, 0.15) is 5.56 Å². The van der Waals surface area contributed by atoms with Crippen molar-refractivity contribution in [1.29, 1.82) is 0 Å². The van der Waals surface area contributed by atoms with E-state index < -0.39 is 5.51 Å². The number of halogens is 4. The Morgan fingerprint density at radius 3 is 2.65 bits per heavy atom. The Bertz CT molecular complexity index is 432. The minimum atomic E-state index is -4.35. The Morgan fingerprint density at radius 2 is 2.12 bits per heavy atom. The van der Waals surface area contributed by atoms with Gasteiger partial charge >= 0.3 is 5.51 Å². The molecule has 0 bridgehead atoms. The molecular formula is C10H10ClF3N2S. The normalized spacial score (nSPS) is 12.9. The summed E-state index contributed by atoms with van der Waals surface area (Å²) in [7, 11) is 0. The van der Waals surface area contributed by atoms with E-state index in [0.717, 1.165) is 5.56 Å². The van der Waals surface area contributed by atoms with Crippen LogP contribution < -0.4 is 5.73 Å². The van der Waals surface area contributed by atoms with E-state index >= 15 is 0 Å². The number of alkyl halides is 4. The Labute approximate surface area is 106 Å². The number of nitrogens with two attached hydrogens (primary N) is 1. The summed E-state index contributed by atoms with van der Waals surface area (Å²) in [6.07, 6.45) is 0. The van der Waals surface area contributed by atoms with Crippen LogP contribution in [0, 0.1) is 6.92 Å². The molecule has 1 aromatic carbocycles. The Hall–Kier alpha value is -0.880. The van der Waals surface area contributed by atoms with E-state index in [-0.39, 0.29) is 34.1 Å². The first-order valence-corrected chi connectivity index (χ1v) is 5.92. The molecule has 0 aromatic heterocycles. The van der Waals surface area contributed by atoms with Crippen LogP contribution in [-0.2, 0) is 0 Å². The van der Waals surface area contributed by atoms with E-state index in [4.69, 9.17) is 17.3 Å². The number of nitrogens with zero attached hydrogens (tertiary/aromatic N) is 1. The minimum Gasteiger partial charge on any atom is -0.386 e. The lowest BCUT2D eigenvalue weighted by molar-refractivity contribution is -0.0328. The second-order valence-electron chi connectivity index (χ2n) is 3.26. The first kappa shape index (κ1) is 14.2. The number of rotatable bonds is 3. The molecule has 0 unspecified atom stereocenters. The maximum atomic E-state index is 12.3. The molecule has 0 amide bonds. The Balaban J connectivity index is 3.13. The molecule has 2 nitrogen and oxygen atoms in total. The number of benzene rings is 1. The third kappa shape index (κ3) is 4.87. The lowest BCUT2D eigenvalue weighted by atomic mass is 10.2. The van der Waals surface area contributed by atoms with Gasteiger partial charge < -0.3 is 5.73 Å². The number of aliphatic imine (C=N–C) groups is 1. The molecule has 0 fully saturated rings. The number of aryl methyl sites for hydroxylation is 1. The second-order valence-corrected chi connectivity index (χ2v) is 4.63. The summed E-state index contributed by atoms with van der Waals surface area (Å²) in [5.74, 6) is 0.0608. The molecule has 0 heterocycles. The van der Waals surface area contributed by atoms with E-state index in [1.165, 1.54) is 12.1 Å². The molecule has 0 saturated carbocycles. The van der Waals surface area contributed by atoms with Gasteiger partial charge in [0, 0.05) is 4.90 Å². The van der Waals surface area contributed by atoms with Crippen molar-refractivity contribution in [3.8, 4) is 0 Å². The Kier molecular flexibility index (Phi) is 4.70. The zero-order chi connectivity index (χ0) is 13.1. The predicted octanol–water partition coefficient (Wildman–Crippen LogP) is 3.83. The van der Waals surface area contributed by atoms with Crippen molar-refractivity contribution in [1.82, 2.24) is 0 Å². The standard InChI is InChI=1S/C10H10ClF3N2S/c1-6-2-3-8(17-10(12,13)14)7(4-6)16-9(15)5-11/h2-4H,5H2,1H3,(H2,15,16). The summed E-state index contributed by atoms with van der Waals surface area (Å²) in [6, 6.07) is 4.49. The molecule has 0 aliphatic carbocycles. The van der Waals surface area contributed by atoms with Crippen LogP contribution in [0.15, 0.2) is 28.1 Å². The molecule has 1 rings (SSSR count). The molecule has 94 valence electrons. The average molecular weight is 283 g/mol. The highest BCUT2D eigenvalue weighted by Gasteiger charge is 2.30. The molecule has 0 radical (unpaired) electrons. The van der Waals surface area contributed by atoms with Crippen LogP contribution in [0.25, 0.3) is 0 Å². The van der Waals surface area contributed by atoms with Crippen LogP contribution in [0.4, 0.5) is 18.9 Å². The molecule has 0 atom stereocenters. The molecule has 0 saturated heterocycles. The van der Waals surface area contributed by atoms with Crippen LogP contribution in [0.2, 0.25) is 0 Å². The van der Waals surface area contributed by atoms with Gasteiger partial charge in [0.25, 0.3) is 0 Å². The van der Waals surface area contributed by atoms with Gasteiger partial charge in [-0.15, -0.1) is 11.6 Å². The van der Waals surface area contributed by atoms with Gasteiger partial charge in [0.15, 0.2) is 0 Å². The number of amidine groups is 1. The van der Waals surface area contributed by atoms with Gasteiger partial charge in [0.2, 0.25) is 0 Å². The molecule has 0 aliphatic rings. The van der Waals surface area contributed by atoms with Crippen molar-refractivity contribution in [3.63, 3.8) is 0 Å². The van der Waals surface area contributed by atoms with Gasteiger partial charge in [0.05, 0.1) is 11.6 Å². The van der Waals surface area contributed by atoms with Crippen molar-refractivity contribution < 1.29 is 13.2 Å². The maximum absolute atomic E-state index is 12.3. The van der Waals surface area contributed by atoms with E-state index in [2.05, 4.69) is 4.99 Å². The Morgan fingerprint density at radius 1 is 1.47 bits per heavy atom. The van der Waals surface area contributed by atoms with Crippen molar-refractivity contribution in [2.45, 2.75) is 17.3 Å². The lowest BCUT2D eigenvalue weighted by Crippen LogP contribution is -2.12. The first-order chi connectivity index (χ1) is 7.81. The highest BCUT2D eigenvalue weighted by atomic mass is 35.5. The minimum absolute atomic E-state index is 0.0103. The summed E-state index contributed by atoms with van der Waals surface area (Å²) in [5.41, 5.74) is 2.05. The summed E-state index contributed by atoms with van der Waals surface area (Å²) in [4.78, 5) is 3.87. The summed E-state index contributed by atoms with van der Waals surface area (Å²) < 4.78 is 36.9. The van der Waals surface area contributed by atoms with E-state index in [9.17, 15) is 13.2 Å². The first-order valence-electron chi connectivity index (χ1n) is 4.57. The fourth-order valence-corrected chi connectivity index (χ4v) is 1.76. The van der Waals surface area contributed by atoms with E-state index in [1.54, 1.807) is 13.0 Å². The van der Waals surface area contributed by atoms with Crippen LogP contribution in [-0.4, -0.2) is 17.2 Å². The van der Waals surface area contributed by atoms with Gasteiger partial charge in [-0.3, -0.25) is 0 Å². The lowest BCUT2D eigenvalue weighted by Gasteiger charge is -2.09.